The van der Waals surface area contributed by atoms with Crippen molar-refractivity contribution in [3.8, 4) is 11.5 Å². The van der Waals surface area contributed by atoms with Crippen LogP contribution in [0.25, 0.3) is 0 Å². The fraction of sp³-hybridized carbons (Fsp3) is 0.200. The van der Waals surface area contributed by atoms with Gasteiger partial charge < -0.3 is 14.8 Å². The SMILES string of the molecule is CCCCOc1ccc(C2=NC(c3ccc(OC)cc3)=Nc3ccccc3N2)cc1. The number of anilines is 1. The molecule has 1 aliphatic rings. The Kier molecular flexibility index (Phi) is 6.09. The maximum Gasteiger partial charge on any atom is 0.162 e. The Bertz CT molecular complexity index is 1050. The number of unbranched alkanes of at least 4 members (excludes halogenated alkanes) is 1. The third kappa shape index (κ3) is 4.51. The van der Waals surface area contributed by atoms with Crippen molar-refractivity contribution in [2.75, 3.05) is 19.0 Å². The molecule has 0 atom stereocenters. The van der Waals surface area contributed by atoms with Crippen LogP contribution in [0.3, 0.4) is 0 Å². The molecule has 0 amide bonds. The van der Waals surface area contributed by atoms with Crippen molar-refractivity contribution in [2.24, 2.45) is 9.98 Å². The van der Waals surface area contributed by atoms with Gasteiger partial charge >= 0.3 is 0 Å². The normalized spacial score (nSPS) is 12.7. The van der Waals surface area contributed by atoms with Crippen LogP contribution in [0.2, 0.25) is 0 Å². The van der Waals surface area contributed by atoms with E-state index in [9.17, 15) is 0 Å². The molecule has 1 heterocycles. The second-order valence-electron chi connectivity index (χ2n) is 6.99. The highest BCUT2D eigenvalue weighted by Gasteiger charge is 2.15. The smallest absolute Gasteiger partial charge is 0.162 e. The summed E-state index contributed by atoms with van der Waals surface area (Å²) >= 11 is 0. The highest BCUT2D eigenvalue weighted by molar-refractivity contribution is 6.19. The minimum Gasteiger partial charge on any atom is -0.497 e. The molecule has 5 heteroatoms. The number of nitrogens with one attached hydrogen (secondary N) is 1. The van der Waals surface area contributed by atoms with Gasteiger partial charge in [-0.1, -0.05) is 25.5 Å². The molecule has 152 valence electrons. The molecule has 1 aliphatic heterocycles. The van der Waals surface area contributed by atoms with Gasteiger partial charge in [-0.05, 0) is 67.1 Å². The average Bonchev–Trinajstić information content (AvgIpc) is 3.00. The maximum atomic E-state index is 5.79. The zero-order chi connectivity index (χ0) is 20.8. The summed E-state index contributed by atoms with van der Waals surface area (Å²) in [5.74, 6) is 3.06. The van der Waals surface area contributed by atoms with Crippen molar-refractivity contribution >= 4 is 23.0 Å². The first-order valence-electron chi connectivity index (χ1n) is 10.2. The molecule has 0 saturated heterocycles. The monoisotopic (exact) mass is 399 g/mol. The third-order valence-electron chi connectivity index (χ3n) is 4.84. The van der Waals surface area contributed by atoms with Gasteiger partial charge in [-0.2, -0.15) is 0 Å². The summed E-state index contributed by atoms with van der Waals surface area (Å²) in [5.41, 5.74) is 3.66. The van der Waals surface area contributed by atoms with Crippen molar-refractivity contribution in [3.63, 3.8) is 0 Å². The number of hydrogen-bond donors (Lipinski definition) is 1. The summed E-state index contributed by atoms with van der Waals surface area (Å²) in [4.78, 5) is 9.67. The Morgan fingerprint density at radius 3 is 2.23 bits per heavy atom. The molecule has 5 nitrogen and oxygen atoms in total. The number of amidine groups is 2. The minimum absolute atomic E-state index is 0.647. The van der Waals surface area contributed by atoms with Gasteiger partial charge in [0, 0.05) is 11.1 Å². The predicted octanol–water partition coefficient (Wildman–Crippen LogP) is 5.82. The quantitative estimate of drug-likeness (QED) is 0.509. The van der Waals surface area contributed by atoms with E-state index in [0.29, 0.717) is 5.84 Å². The molecular formula is C25H25N3O2. The highest BCUT2D eigenvalue weighted by atomic mass is 16.5. The lowest BCUT2D eigenvalue weighted by molar-refractivity contribution is 0.309. The first-order chi connectivity index (χ1) is 14.8. The molecule has 1 N–H and O–H groups in total. The number of hydrogen-bond acceptors (Lipinski definition) is 5. The molecule has 0 aliphatic carbocycles. The fourth-order valence-corrected chi connectivity index (χ4v) is 3.13. The molecule has 0 bridgehead atoms. The summed E-state index contributed by atoms with van der Waals surface area (Å²) < 4.78 is 11.1. The number of fused-ring (bicyclic) bond motifs is 1. The number of rotatable bonds is 7. The van der Waals surface area contributed by atoms with Crippen LogP contribution in [0.15, 0.2) is 82.8 Å². The molecule has 0 radical (unpaired) electrons. The van der Waals surface area contributed by atoms with Gasteiger partial charge in [-0.15, -0.1) is 0 Å². The van der Waals surface area contributed by atoms with Crippen LogP contribution in [-0.2, 0) is 0 Å². The van der Waals surface area contributed by atoms with Gasteiger partial charge in [0.25, 0.3) is 0 Å². The van der Waals surface area contributed by atoms with E-state index in [2.05, 4.69) is 12.2 Å². The summed E-state index contributed by atoms with van der Waals surface area (Å²) in [6, 6.07) is 23.7. The number of nitrogens with zero attached hydrogens (tertiary/aromatic N) is 2. The first kappa shape index (κ1) is 19.7. The molecule has 0 spiro atoms. The lowest BCUT2D eigenvalue weighted by Crippen LogP contribution is -2.15. The second kappa shape index (κ2) is 9.27. The molecule has 30 heavy (non-hydrogen) atoms. The Morgan fingerprint density at radius 1 is 0.800 bits per heavy atom. The first-order valence-corrected chi connectivity index (χ1v) is 10.2. The van der Waals surface area contributed by atoms with Gasteiger partial charge in [0.2, 0.25) is 0 Å². The molecule has 0 unspecified atom stereocenters. The van der Waals surface area contributed by atoms with Crippen molar-refractivity contribution in [2.45, 2.75) is 19.8 Å². The van der Waals surface area contributed by atoms with Crippen LogP contribution in [0.5, 0.6) is 11.5 Å². The molecule has 4 rings (SSSR count). The minimum atomic E-state index is 0.647. The van der Waals surface area contributed by atoms with Gasteiger partial charge in [0.1, 0.15) is 17.3 Å². The van der Waals surface area contributed by atoms with Crippen LogP contribution in [0.4, 0.5) is 11.4 Å². The molecule has 0 fully saturated rings. The van der Waals surface area contributed by atoms with Crippen LogP contribution in [0, 0.1) is 0 Å². The van der Waals surface area contributed by atoms with E-state index >= 15 is 0 Å². The molecule has 3 aromatic carbocycles. The van der Waals surface area contributed by atoms with E-state index in [4.69, 9.17) is 19.5 Å². The van der Waals surface area contributed by atoms with Crippen LogP contribution in [-0.4, -0.2) is 25.4 Å². The molecule has 3 aromatic rings. The number of aliphatic imine (C=N–C) groups is 2. The third-order valence-corrected chi connectivity index (χ3v) is 4.84. The predicted molar refractivity (Wildman–Crippen MR) is 123 cm³/mol. The molecule has 0 aromatic heterocycles. The van der Waals surface area contributed by atoms with Crippen LogP contribution in [0.1, 0.15) is 30.9 Å². The van der Waals surface area contributed by atoms with E-state index in [1.54, 1.807) is 7.11 Å². The van der Waals surface area contributed by atoms with E-state index in [1.165, 1.54) is 0 Å². The fourth-order valence-electron chi connectivity index (χ4n) is 3.13. The second-order valence-corrected chi connectivity index (χ2v) is 6.99. The molecule has 0 saturated carbocycles. The van der Waals surface area contributed by atoms with E-state index in [0.717, 1.165) is 59.3 Å². The van der Waals surface area contributed by atoms with E-state index in [-0.39, 0.29) is 0 Å². The van der Waals surface area contributed by atoms with Crippen molar-refractivity contribution < 1.29 is 9.47 Å². The number of methoxy groups -OCH3 is 1. The van der Waals surface area contributed by atoms with Gasteiger partial charge in [-0.3, -0.25) is 0 Å². The standard InChI is InChI=1S/C25H25N3O2/c1-3-4-17-30-21-15-11-19(12-16-21)25-27-23-8-6-5-7-22(23)26-24(28-25)18-9-13-20(29-2)14-10-18/h5-16H,3-4,17H2,1-2H3,(H,26,27,28). The average molecular weight is 399 g/mol. The van der Waals surface area contributed by atoms with Gasteiger partial charge in [0.05, 0.1) is 25.1 Å². The number of para-hydroxylation sites is 2. The highest BCUT2D eigenvalue weighted by Crippen LogP contribution is 2.29. The topological polar surface area (TPSA) is 55.2 Å². The Morgan fingerprint density at radius 2 is 1.50 bits per heavy atom. The van der Waals surface area contributed by atoms with Crippen LogP contribution >= 0.6 is 0 Å². The Balaban J connectivity index is 1.68. The number of benzene rings is 3. The largest absolute Gasteiger partial charge is 0.497 e. The van der Waals surface area contributed by atoms with E-state index < -0.39 is 0 Å². The summed E-state index contributed by atoms with van der Waals surface area (Å²) in [5, 5.41) is 3.44. The Labute approximate surface area is 177 Å². The number of ether oxygens (including phenoxy) is 2. The van der Waals surface area contributed by atoms with Crippen molar-refractivity contribution in [1.82, 2.24) is 0 Å². The summed E-state index contributed by atoms with van der Waals surface area (Å²) in [6.07, 6.45) is 2.17. The lowest BCUT2D eigenvalue weighted by Gasteiger charge is -2.11. The molecular weight excluding hydrogens is 374 g/mol. The van der Waals surface area contributed by atoms with Crippen molar-refractivity contribution in [1.29, 1.82) is 0 Å². The van der Waals surface area contributed by atoms with Crippen LogP contribution < -0.4 is 14.8 Å². The lowest BCUT2D eigenvalue weighted by atomic mass is 10.1. The zero-order valence-electron chi connectivity index (χ0n) is 17.3. The van der Waals surface area contributed by atoms with Gasteiger partial charge in [-0.25, -0.2) is 9.98 Å². The summed E-state index contributed by atoms with van der Waals surface area (Å²) in [7, 11) is 1.66. The summed E-state index contributed by atoms with van der Waals surface area (Å²) in [6.45, 7) is 2.89. The zero-order valence-corrected chi connectivity index (χ0v) is 17.3. The van der Waals surface area contributed by atoms with Gasteiger partial charge in [0.15, 0.2) is 5.84 Å². The van der Waals surface area contributed by atoms with E-state index in [1.807, 2.05) is 72.8 Å². The van der Waals surface area contributed by atoms with Crippen molar-refractivity contribution in [3.05, 3.63) is 83.9 Å². The Hall–Kier alpha value is -3.60. The maximum absolute atomic E-state index is 5.79.